The van der Waals surface area contributed by atoms with Crippen LogP contribution < -0.4 is 4.74 Å². The Bertz CT molecular complexity index is 758. The smallest absolute Gasteiger partial charge is 0.223 e. The number of rotatable bonds is 11. The van der Waals surface area contributed by atoms with Crippen LogP contribution >= 0.6 is 11.3 Å². The Morgan fingerprint density at radius 2 is 2.07 bits per heavy atom. The fourth-order valence-electron chi connectivity index (χ4n) is 2.87. The average Bonchev–Trinajstić information content (AvgIpc) is 3.09. The normalized spacial score (nSPS) is 11.1. The second-order valence-electron chi connectivity index (χ2n) is 7.48. The number of hydrogen-bond donors (Lipinski definition) is 0. The second kappa shape index (κ2) is 11.2. The standard InChI is InChI=1S/C22H32N2O3S/c1-16(2)12-22(25)24(10-7-11-26-5)13-19-15-28-21(23-19)14-27-20-9-6-8-17(3)18(20)4/h6,8-9,15-16H,7,10-14H2,1-5H3. The Kier molecular flexibility index (Phi) is 8.93. The van der Waals surface area contributed by atoms with Crippen LogP contribution in [-0.4, -0.2) is 36.1 Å². The number of benzene rings is 1. The maximum absolute atomic E-state index is 12.6. The van der Waals surface area contributed by atoms with Crippen LogP contribution in [0.5, 0.6) is 5.75 Å². The topological polar surface area (TPSA) is 51.7 Å². The van der Waals surface area contributed by atoms with Crippen molar-refractivity contribution in [2.75, 3.05) is 20.3 Å². The Hall–Kier alpha value is -1.92. The summed E-state index contributed by atoms with van der Waals surface area (Å²) in [5.74, 6) is 1.41. The van der Waals surface area contributed by atoms with E-state index in [1.807, 2.05) is 22.4 Å². The number of thiazole rings is 1. The first-order chi connectivity index (χ1) is 13.4. The molecule has 154 valence electrons. The van der Waals surface area contributed by atoms with E-state index in [2.05, 4.69) is 38.7 Å². The molecule has 1 amide bonds. The van der Waals surface area contributed by atoms with Gasteiger partial charge in [-0.05, 0) is 43.4 Å². The van der Waals surface area contributed by atoms with E-state index < -0.39 is 0 Å². The summed E-state index contributed by atoms with van der Waals surface area (Å²) in [5.41, 5.74) is 3.29. The van der Waals surface area contributed by atoms with Crippen LogP contribution in [0, 0.1) is 19.8 Å². The lowest BCUT2D eigenvalue weighted by Crippen LogP contribution is -2.33. The van der Waals surface area contributed by atoms with Crippen molar-refractivity contribution in [3.8, 4) is 5.75 Å². The molecule has 1 heterocycles. The van der Waals surface area contributed by atoms with Crippen molar-refractivity contribution in [2.45, 2.75) is 53.7 Å². The van der Waals surface area contributed by atoms with Crippen LogP contribution in [0.15, 0.2) is 23.6 Å². The van der Waals surface area contributed by atoms with Gasteiger partial charge < -0.3 is 14.4 Å². The SMILES string of the molecule is COCCCN(Cc1csc(COc2cccc(C)c2C)n1)C(=O)CC(C)C. The van der Waals surface area contributed by atoms with E-state index in [0.717, 1.165) is 28.4 Å². The highest BCUT2D eigenvalue weighted by Gasteiger charge is 2.17. The van der Waals surface area contributed by atoms with Crippen LogP contribution in [0.1, 0.15) is 48.5 Å². The molecule has 0 atom stereocenters. The third kappa shape index (κ3) is 6.91. The van der Waals surface area contributed by atoms with E-state index in [1.54, 1.807) is 18.4 Å². The number of ether oxygens (including phenoxy) is 2. The van der Waals surface area contributed by atoms with Crippen LogP contribution in [0.4, 0.5) is 0 Å². The molecule has 2 rings (SSSR count). The van der Waals surface area contributed by atoms with Crippen LogP contribution in [0.3, 0.4) is 0 Å². The van der Waals surface area contributed by atoms with Crippen molar-refractivity contribution in [1.29, 1.82) is 0 Å². The lowest BCUT2D eigenvalue weighted by Gasteiger charge is -2.22. The third-order valence-electron chi connectivity index (χ3n) is 4.57. The molecule has 28 heavy (non-hydrogen) atoms. The monoisotopic (exact) mass is 404 g/mol. The highest BCUT2D eigenvalue weighted by molar-refractivity contribution is 7.09. The summed E-state index contributed by atoms with van der Waals surface area (Å²) in [7, 11) is 1.68. The van der Waals surface area contributed by atoms with Crippen LogP contribution in [-0.2, 0) is 22.7 Å². The molecule has 0 radical (unpaired) electrons. The Morgan fingerprint density at radius 3 is 2.79 bits per heavy atom. The zero-order chi connectivity index (χ0) is 20.5. The molecule has 0 saturated heterocycles. The molecule has 0 aliphatic carbocycles. The Labute approximate surface area is 172 Å². The van der Waals surface area contributed by atoms with Crippen molar-refractivity contribution in [2.24, 2.45) is 5.92 Å². The fourth-order valence-corrected chi connectivity index (χ4v) is 3.57. The van der Waals surface area contributed by atoms with E-state index in [4.69, 9.17) is 9.47 Å². The van der Waals surface area contributed by atoms with Gasteiger partial charge in [-0.3, -0.25) is 4.79 Å². The third-order valence-corrected chi connectivity index (χ3v) is 5.44. The minimum absolute atomic E-state index is 0.173. The highest BCUT2D eigenvalue weighted by atomic mass is 32.1. The first-order valence-electron chi connectivity index (χ1n) is 9.79. The predicted molar refractivity (Wildman–Crippen MR) is 114 cm³/mol. The minimum atomic E-state index is 0.173. The number of amides is 1. The molecule has 0 aliphatic heterocycles. The van der Waals surface area contributed by atoms with E-state index in [9.17, 15) is 4.79 Å². The lowest BCUT2D eigenvalue weighted by atomic mass is 10.1. The summed E-state index contributed by atoms with van der Waals surface area (Å²) in [6.45, 7) is 10.6. The van der Waals surface area contributed by atoms with Crippen molar-refractivity contribution in [1.82, 2.24) is 9.88 Å². The maximum atomic E-state index is 12.6. The van der Waals surface area contributed by atoms with E-state index in [0.29, 0.717) is 38.6 Å². The number of nitrogens with zero attached hydrogens (tertiary/aromatic N) is 2. The summed E-state index contributed by atoms with van der Waals surface area (Å²) in [5, 5.41) is 2.94. The van der Waals surface area contributed by atoms with Gasteiger partial charge in [-0.2, -0.15) is 0 Å². The molecule has 2 aromatic rings. The van der Waals surface area contributed by atoms with Crippen molar-refractivity contribution >= 4 is 17.2 Å². The van der Waals surface area contributed by atoms with Crippen molar-refractivity contribution in [3.63, 3.8) is 0 Å². The lowest BCUT2D eigenvalue weighted by molar-refractivity contribution is -0.132. The molecule has 0 aliphatic rings. The largest absolute Gasteiger partial charge is 0.486 e. The van der Waals surface area contributed by atoms with Gasteiger partial charge in [0.2, 0.25) is 5.91 Å². The molecule has 1 aromatic carbocycles. The van der Waals surface area contributed by atoms with Gasteiger partial charge in [-0.25, -0.2) is 4.98 Å². The highest BCUT2D eigenvalue weighted by Crippen LogP contribution is 2.22. The second-order valence-corrected chi connectivity index (χ2v) is 8.42. The van der Waals surface area contributed by atoms with Gasteiger partial charge in [0.25, 0.3) is 0 Å². The van der Waals surface area contributed by atoms with Crippen molar-refractivity contribution in [3.05, 3.63) is 45.4 Å². The zero-order valence-corrected chi connectivity index (χ0v) is 18.5. The van der Waals surface area contributed by atoms with E-state index in [1.165, 1.54) is 5.56 Å². The minimum Gasteiger partial charge on any atom is -0.486 e. The molecular weight excluding hydrogens is 372 g/mol. The fraction of sp³-hybridized carbons (Fsp3) is 0.545. The van der Waals surface area contributed by atoms with Gasteiger partial charge in [-0.15, -0.1) is 11.3 Å². The Morgan fingerprint density at radius 1 is 1.29 bits per heavy atom. The molecule has 0 fully saturated rings. The summed E-state index contributed by atoms with van der Waals surface area (Å²) in [4.78, 5) is 19.1. The van der Waals surface area contributed by atoms with Gasteiger partial charge in [0.1, 0.15) is 17.4 Å². The first-order valence-corrected chi connectivity index (χ1v) is 10.7. The van der Waals surface area contributed by atoms with Gasteiger partial charge in [0.15, 0.2) is 0 Å². The number of methoxy groups -OCH3 is 1. The number of carbonyl (C=O) groups excluding carboxylic acids is 1. The van der Waals surface area contributed by atoms with Crippen LogP contribution in [0.2, 0.25) is 0 Å². The average molecular weight is 405 g/mol. The molecule has 0 saturated carbocycles. The summed E-state index contributed by atoms with van der Waals surface area (Å²) < 4.78 is 11.1. The van der Waals surface area contributed by atoms with Crippen molar-refractivity contribution < 1.29 is 14.3 Å². The van der Waals surface area contributed by atoms with Gasteiger partial charge in [-0.1, -0.05) is 26.0 Å². The van der Waals surface area contributed by atoms with Gasteiger partial charge in [0, 0.05) is 32.1 Å². The molecule has 1 aromatic heterocycles. The van der Waals surface area contributed by atoms with E-state index in [-0.39, 0.29) is 5.91 Å². The number of hydrogen-bond acceptors (Lipinski definition) is 5. The summed E-state index contributed by atoms with van der Waals surface area (Å²) >= 11 is 1.58. The molecule has 0 spiro atoms. The van der Waals surface area contributed by atoms with E-state index >= 15 is 0 Å². The zero-order valence-electron chi connectivity index (χ0n) is 17.7. The maximum Gasteiger partial charge on any atom is 0.223 e. The Balaban J connectivity index is 1.97. The predicted octanol–water partition coefficient (Wildman–Crippen LogP) is 4.75. The number of carbonyl (C=O) groups is 1. The molecular formula is C22H32N2O3S. The molecule has 5 nitrogen and oxygen atoms in total. The van der Waals surface area contributed by atoms with Gasteiger partial charge in [0.05, 0.1) is 12.2 Å². The molecule has 0 bridgehead atoms. The molecule has 0 unspecified atom stereocenters. The molecule has 0 N–H and O–H groups in total. The number of aromatic nitrogens is 1. The number of aryl methyl sites for hydroxylation is 1. The van der Waals surface area contributed by atoms with Gasteiger partial charge >= 0.3 is 0 Å². The molecule has 6 heteroatoms. The van der Waals surface area contributed by atoms with Crippen LogP contribution in [0.25, 0.3) is 0 Å². The summed E-state index contributed by atoms with van der Waals surface area (Å²) in [6.07, 6.45) is 1.38. The summed E-state index contributed by atoms with van der Waals surface area (Å²) in [6, 6.07) is 6.07. The quantitative estimate of drug-likeness (QED) is 0.507. The first kappa shape index (κ1) is 22.4.